The highest BCUT2D eigenvalue weighted by Gasteiger charge is 2.36. The van der Waals surface area contributed by atoms with Crippen LogP contribution in [0.1, 0.15) is 33.3 Å². The number of ether oxygens (including phenoxy) is 1. The van der Waals surface area contributed by atoms with E-state index in [4.69, 9.17) is 4.74 Å². The summed E-state index contributed by atoms with van der Waals surface area (Å²) in [5, 5.41) is 9.20. The van der Waals surface area contributed by atoms with Gasteiger partial charge in [-0.15, -0.1) is 0 Å². The minimum absolute atomic E-state index is 0.171. The molecule has 1 aromatic carbocycles. The average molecular weight is 293 g/mol. The van der Waals surface area contributed by atoms with E-state index >= 15 is 0 Å². The summed E-state index contributed by atoms with van der Waals surface area (Å²) in [4.78, 5) is 24.7. The van der Waals surface area contributed by atoms with Crippen molar-refractivity contribution in [3.05, 3.63) is 29.8 Å². The fraction of sp³-hybridized carbons (Fsp3) is 0.500. The number of carbonyl (C=O) groups excluding carboxylic acids is 1. The fourth-order valence-corrected chi connectivity index (χ4v) is 2.04. The average Bonchev–Trinajstić information content (AvgIpc) is 2.46. The number of amides is 1. The second-order valence-electron chi connectivity index (χ2n) is 5.29. The van der Waals surface area contributed by atoms with Crippen LogP contribution in [-0.4, -0.2) is 40.6 Å². The molecule has 0 saturated carbocycles. The molecule has 0 atom stereocenters. The van der Waals surface area contributed by atoms with Crippen molar-refractivity contribution in [2.75, 3.05) is 13.2 Å². The molecule has 1 amide bonds. The monoisotopic (exact) mass is 293 g/mol. The van der Waals surface area contributed by atoms with Crippen molar-refractivity contribution < 1.29 is 19.4 Å². The number of likely N-dealkylation sites (N-methyl/N-ethyl adjacent to an activating group) is 1. The number of hydrogen-bond donors (Lipinski definition) is 1. The van der Waals surface area contributed by atoms with Crippen molar-refractivity contribution in [2.24, 2.45) is 0 Å². The van der Waals surface area contributed by atoms with E-state index < -0.39 is 11.5 Å². The number of carboxylic acid groups (broad SMARTS) is 1. The van der Waals surface area contributed by atoms with E-state index in [9.17, 15) is 14.7 Å². The van der Waals surface area contributed by atoms with Gasteiger partial charge in [-0.05, 0) is 44.9 Å². The lowest BCUT2D eigenvalue weighted by atomic mass is 10.0. The fourth-order valence-electron chi connectivity index (χ4n) is 2.04. The molecule has 1 N–H and O–H groups in total. The highest BCUT2D eigenvalue weighted by atomic mass is 16.5. The number of nitrogens with zero attached hydrogens (tertiary/aromatic N) is 1. The normalized spacial score (nSPS) is 11.0. The molecule has 0 heterocycles. The van der Waals surface area contributed by atoms with Gasteiger partial charge in [-0.25, -0.2) is 4.79 Å². The number of aliphatic carboxylic acids is 1. The number of carbonyl (C=O) groups is 2. The Morgan fingerprint density at radius 2 is 1.76 bits per heavy atom. The molecule has 5 nitrogen and oxygen atoms in total. The molecule has 0 unspecified atom stereocenters. The summed E-state index contributed by atoms with van der Waals surface area (Å²) < 4.78 is 5.44. The first kappa shape index (κ1) is 17.0. The second kappa shape index (κ2) is 7.11. The first-order valence-corrected chi connectivity index (χ1v) is 7.08. The Kier molecular flexibility index (Phi) is 5.76. The van der Waals surface area contributed by atoms with E-state index in [1.165, 1.54) is 24.3 Å². The molecule has 0 aromatic heterocycles. The van der Waals surface area contributed by atoms with Gasteiger partial charge in [0.1, 0.15) is 11.3 Å². The Hall–Kier alpha value is -2.04. The Balaban J connectivity index is 2.68. The summed E-state index contributed by atoms with van der Waals surface area (Å²) in [7, 11) is 0. The van der Waals surface area contributed by atoms with E-state index in [0.29, 0.717) is 12.3 Å². The molecular formula is C16H23NO4. The van der Waals surface area contributed by atoms with E-state index in [1.54, 1.807) is 6.92 Å². The lowest BCUT2D eigenvalue weighted by molar-refractivity contribution is -0.157. The maximum atomic E-state index is 12.2. The van der Waals surface area contributed by atoms with Gasteiger partial charge in [0.05, 0.1) is 0 Å². The summed E-state index contributed by atoms with van der Waals surface area (Å²) in [6, 6.07) is 7.51. The summed E-state index contributed by atoms with van der Waals surface area (Å²) in [5.74, 6) is -0.779. The number of benzene rings is 1. The Morgan fingerprint density at radius 3 is 2.19 bits per heavy atom. The Labute approximate surface area is 125 Å². The summed E-state index contributed by atoms with van der Waals surface area (Å²) in [6.07, 6.45) is 0.940. The summed E-state index contributed by atoms with van der Waals surface area (Å²) >= 11 is 0. The van der Waals surface area contributed by atoms with Gasteiger partial charge < -0.3 is 14.7 Å². The molecule has 0 radical (unpaired) electrons. The van der Waals surface area contributed by atoms with E-state index in [-0.39, 0.29) is 12.5 Å². The van der Waals surface area contributed by atoms with Gasteiger partial charge in [-0.2, -0.15) is 0 Å². The Morgan fingerprint density at radius 1 is 1.19 bits per heavy atom. The summed E-state index contributed by atoms with van der Waals surface area (Å²) in [5.41, 5.74) is -0.0581. The largest absolute Gasteiger partial charge is 0.484 e. The van der Waals surface area contributed by atoms with Gasteiger partial charge in [0, 0.05) is 6.54 Å². The van der Waals surface area contributed by atoms with E-state index in [0.717, 1.165) is 6.42 Å². The molecule has 116 valence electrons. The molecule has 1 rings (SSSR count). The predicted molar refractivity (Wildman–Crippen MR) is 80.4 cm³/mol. The van der Waals surface area contributed by atoms with Gasteiger partial charge in [-0.3, -0.25) is 4.79 Å². The minimum atomic E-state index is -1.25. The number of rotatable bonds is 7. The molecule has 0 aliphatic rings. The van der Waals surface area contributed by atoms with Crippen LogP contribution < -0.4 is 4.74 Å². The van der Waals surface area contributed by atoms with Gasteiger partial charge in [0.15, 0.2) is 6.61 Å². The zero-order chi connectivity index (χ0) is 16.0. The topological polar surface area (TPSA) is 66.8 Å². The van der Waals surface area contributed by atoms with Crippen molar-refractivity contribution in [1.29, 1.82) is 0 Å². The SMILES string of the molecule is CCc1ccc(OCC(=O)N(CC)C(C)(C)C(=O)O)cc1. The van der Waals surface area contributed by atoms with Gasteiger partial charge in [0.2, 0.25) is 0 Å². The van der Waals surface area contributed by atoms with Crippen molar-refractivity contribution in [3.8, 4) is 5.75 Å². The predicted octanol–water partition coefficient (Wildman–Crippen LogP) is 2.34. The van der Waals surface area contributed by atoms with Crippen molar-refractivity contribution in [2.45, 2.75) is 39.7 Å². The minimum Gasteiger partial charge on any atom is -0.484 e. The van der Waals surface area contributed by atoms with Crippen LogP contribution in [-0.2, 0) is 16.0 Å². The lowest BCUT2D eigenvalue weighted by Crippen LogP contribution is -2.54. The van der Waals surface area contributed by atoms with Crippen LogP contribution in [0.3, 0.4) is 0 Å². The highest BCUT2D eigenvalue weighted by molar-refractivity contribution is 5.87. The molecule has 5 heteroatoms. The molecule has 0 aliphatic heterocycles. The van der Waals surface area contributed by atoms with Crippen LogP contribution in [0.5, 0.6) is 5.75 Å². The van der Waals surface area contributed by atoms with Gasteiger partial charge in [-0.1, -0.05) is 19.1 Å². The maximum Gasteiger partial charge on any atom is 0.329 e. The van der Waals surface area contributed by atoms with Crippen LogP contribution in [0.25, 0.3) is 0 Å². The molecule has 1 aromatic rings. The van der Waals surface area contributed by atoms with Crippen LogP contribution in [0, 0.1) is 0 Å². The first-order chi connectivity index (χ1) is 9.82. The van der Waals surface area contributed by atoms with Crippen LogP contribution in [0.2, 0.25) is 0 Å². The molecule has 0 spiro atoms. The maximum absolute atomic E-state index is 12.2. The highest BCUT2D eigenvalue weighted by Crippen LogP contribution is 2.16. The molecular weight excluding hydrogens is 270 g/mol. The zero-order valence-corrected chi connectivity index (χ0v) is 13.0. The second-order valence-corrected chi connectivity index (χ2v) is 5.29. The quantitative estimate of drug-likeness (QED) is 0.838. The van der Waals surface area contributed by atoms with Crippen molar-refractivity contribution in [1.82, 2.24) is 4.90 Å². The third-order valence-electron chi connectivity index (χ3n) is 3.51. The zero-order valence-electron chi connectivity index (χ0n) is 13.0. The summed E-state index contributed by atoms with van der Waals surface area (Å²) in [6.45, 7) is 6.97. The smallest absolute Gasteiger partial charge is 0.329 e. The first-order valence-electron chi connectivity index (χ1n) is 7.08. The lowest BCUT2D eigenvalue weighted by Gasteiger charge is -2.34. The third kappa shape index (κ3) is 4.21. The molecule has 0 bridgehead atoms. The van der Waals surface area contributed by atoms with E-state index in [2.05, 4.69) is 6.92 Å². The molecule has 0 fully saturated rings. The molecule has 0 aliphatic carbocycles. The standard InChI is InChI=1S/C16H23NO4/c1-5-12-7-9-13(10-8-12)21-11-14(18)17(6-2)16(3,4)15(19)20/h7-10H,5-6,11H2,1-4H3,(H,19,20). The van der Waals surface area contributed by atoms with Gasteiger partial charge >= 0.3 is 5.97 Å². The van der Waals surface area contributed by atoms with Crippen LogP contribution >= 0.6 is 0 Å². The van der Waals surface area contributed by atoms with Crippen molar-refractivity contribution >= 4 is 11.9 Å². The molecule has 21 heavy (non-hydrogen) atoms. The molecule has 0 saturated heterocycles. The van der Waals surface area contributed by atoms with Gasteiger partial charge in [0.25, 0.3) is 5.91 Å². The number of carboxylic acids is 1. The van der Waals surface area contributed by atoms with Crippen molar-refractivity contribution in [3.63, 3.8) is 0 Å². The van der Waals surface area contributed by atoms with Crippen LogP contribution in [0.15, 0.2) is 24.3 Å². The number of hydrogen-bond acceptors (Lipinski definition) is 3. The van der Waals surface area contributed by atoms with Crippen LogP contribution in [0.4, 0.5) is 0 Å². The Bertz CT molecular complexity index is 494. The number of aryl methyl sites for hydroxylation is 1. The third-order valence-corrected chi connectivity index (χ3v) is 3.51. The van der Waals surface area contributed by atoms with E-state index in [1.807, 2.05) is 24.3 Å².